The lowest BCUT2D eigenvalue weighted by atomic mass is 9.95. The number of aromatic amines is 1. The monoisotopic (exact) mass is 499 g/mol. The van der Waals surface area contributed by atoms with Crippen molar-refractivity contribution in [3.8, 4) is 0 Å². The molecular formula is C26H34FN5O4. The van der Waals surface area contributed by atoms with Crippen molar-refractivity contribution in [3.63, 3.8) is 0 Å². The van der Waals surface area contributed by atoms with E-state index in [1.165, 1.54) is 6.07 Å². The van der Waals surface area contributed by atoms with Gasteiger partial charge in [-0.2, -0.15) is 0 Å². The lowest BCUT2D eigenvalue weighted by Gasteiger charge is -2.31. The third kappa shape index (κ3) is 6.29. The number of hydrogen-bond acceptors (Lipinski definition) is 6. The molecule has 194 valence electrons. The van der Waals surface area contributed by atoms with E-state index in [0.717, 1.165) is 5.56 Å². The average Bonchev–Trinajstić information content (AvgIpc) is 2.89. The summed E-state index contributed by atoms with van der Waals surface area (Å²) < 4.78 is 19.1. The Hall–Kier alpha value is -3.27. The highest BCUT2D eigenvalue weighted by Crippen LogP contribution is 2.19. The van der Waals surface area contributed by atoms with Gasteiger partial charge in [-0.3, -0.25) is 19.4 Å². The van der Waals surface area contributed by atoms with Gasteiger partial charge in [-0.05, 0) is 50.3 Å². The number of amides is 2. The predicted molar refractivity (Wildman–Crippen MR) is 133 cm³/mol. The predicted octanol–water partition coefficient (Wildman–Crippen LogP) is 1.85. The second-order valence-electron chi connectivity index (χ2n) is 9.51. The van der Waals surface area contributed by atoms with E-state index in [1.54, 1.807) is 30.9 Å². The van der Waals surface area contributed by atoms with Gasteiger partial charge in [0, 0.05) is 56.3 Å². The summed E-state index contributed by atoms with van der Waals surface area (Å²) in [6.45, 7) is 7.34. The van der Waals surface area contributed by atoms with Crippen LogP contribution in [0.25, 0.3) is 0 Å². The van der Waals surface area contributed by atoms with Crippen molar-refractivity contribution in [2.75, 3.05) is 44.3 Å². The van der Waals surface area contributed by atoms with E-state index in [2.05, 4.69) is 15.3 Å². The molecule has 9 nitrogen and oxygen atoms in total. The van der Waals surface area contributed by atoms with Crippen molar-refractivity contribution in [1.29, 1.82) is 0 Å². The molecule has 0 bridgehead atoms. The lowest BCUT2D eigenvalue weighted by Crippen LogP contribution is -2.43. The summed E-state index contributed by atoms with van der Waals surface area (Å²) in [4.78, 5) is 49.2. The van der Waals surface area contributed by atoms with E-state index in [9.17, 15) is 18.8 Å². The van der Waals surface area contributed by atoms with Crippen LogP contribution in [-0.4, -0.2) is 66.1 Å². The fourth-order valence-electron chi connectivity index (χ4n) is 4.68. The standard InChI is InChI=1S/C26H34FN5O4/c1-17-3-4-19(15-22(17)27)16-28-24(34)20-7-9-31(10-8-20)23(33)6-5-21-18(2)29-26(30-25(21)35)32-11-13-36-14-12-32/h3-4,15,20H,5-14,16H2,1-2H3,(H,28,34)(H,29,30,35). The molecule has 0 atom stereocenters. The number of H-pyrrole nitrogens is 1. The van der Waals surface area contributed by atoms with Crippen molar-refractivity contribution in [1.82, 2.24) is 20.2 Å². The van der Waals surface area contributed by atoms with Crippen molar-refractivity contribution >= 4 is 17.8 Å². The summed E-state index contributed by atoms with van der Waals surface area (Å²) in [6, 6.07) is 4.94. The first kappa shape index (κ1) is 25.8. The van der Waals surface area contributed by atoms with Gasteiger partial charge < -0.3 is 19.9 Å². The van der Waals surface area contributed by atoms with E-state index in [1.807, 2.05) is 4.90 Å². The molecule has 1 aromatic heterocycles. The van der Waals surface area contributed by atoms with Crippen LogP contribution in [0.3, 0.4) is 0 Å². The summed E-state index contributed by atoms with van der Waals surface area (Å²) in [5, 5.41) is 2.88. The van der Waals surface area contributed by atoms with Crippen molar-refractivity contribution < 1.29 is 18.7 Å². The summed E-state index contributed by atoms with van der Waals surface area (Å²) in [6.07, 6.45) is 1.70. The molecule has 4 rings (SSSR count). The van der Waals surface area contributed by atoms with Crippen LogP contribution in [0.15, 0.2) is 23.0 Å². The molecule has 3 heterocycles. The van der Waals surface area contributed by atoms with Crippen molar-refractivity contribution in [2.45, 2.75) is 46.1 Å². The molecule has 0 spiro atoms. The minimum absolute atomic E-state index is 0.0277. The molecule has 1 aromatic carbocycles. The van der Waals surface area contributed by atoms with Crippen LogP contribution < -0.4 is 15.8 Å². The minimum Gasteiger partial charge on any atom is -0.378 e. The smallest absolute Gasteiger partial charge is 0.255 e. The molecule has 0 aliphatic carbocycles. The summed E-state index contributed by atoms with van der Waals surface area (Å²) in [7, 11) is 0. The zero-order valence-electron chi connectivity index (χ0n) is 20.9. The molecule has 2 saturated heterocycles. The number of aryl methyl sites for hydroxylation is 2. The molecule has 2 aliphatic heterocycles. The highest BCUT2D eigenvalue weighted by atomic mass is 19.1. The fourth-order valence-corrected chi connectivity index (χ4v) is 4.68. The Balaban J connectivity index is 1.23. The van der Waals surface area contributed by atoms with Crippen LogP contribution in [0.2, 0.25) is 0 Å². The zero-order chi connectivity index (χ0) is 25.7. The van der Waals surface area contributed by atoms with Gasteiger partial charge in [0.05, 0.1) is 13.2 Å². The fraction of sp³-hybridized carbons (Fsp3) is 0.538. The number of rotatable bonds is 7. The highest BCUT2D eigenvalue weighted by molar-refractivity contribution is 5.80. The first-order valence-electron chi connectivity index (χ1n) is 12.5. The number of nitrogens with zero attached hydrogens (tertiary/aromatic N) is 3. The van der Waals surface area contributed by atoms with E-state index in [-0.39, 0.29) is 42.1 Å². The van der Waals surface area contributed by atoms with Crippen molar-refractivity contribution in [3.05, 3.63) is 56.8 Å². The van der Waals surface area contributed by atoms with Gasteiger partial charge in [0.25, 0.3) is 5.56 Å². The van der Waals surface area contributed by atoms with E-state index >= 15 is 0 Å². The Morgan fingerprint density at radius 1 is 1.17 bits per heavy atom. The average molecular weight is 500 g/mol. The number of likely N-dealkylation sites (tertiary alicyclic amines) is 1. The molecule has 2 amide bonds. The van der Waals surface area contributed by atoms with Crippen LogP contribution in [0, 0.1) is 25.6 Å². The van der Waals surface area contributed by atoms with Gasteiger partial charge in [0.1, 0.15) is 5.82 Å². The molecule has 2 aromatic rings. The molecule has 2 N–H and O–H groups in total. The topological polar surface area (TPSA) is 108 Å². The maximum atomic E-state index is 13.7. The maximum Gasteiger partial charge on any atom is 0.255 e. The Morgan fingerprint density at radius 3 is 2.56 bits per heavy atom. The molecule has 0 radical (unpaired) electrons. The Kier molecular flexibility index (Phi) is 8.35. The number of halogens is 1. The van der Waals surface area contributed by atoms with E-state index in [4.69, 9.17) is 4.74 Å². The lowest BCUT2D eigenvalue weighted by molar-refractivity contribution is -0.135. The van der Waals surface area contributed by atoms with Gasteiger partial charge in [0.2, 0.25) is 17.8 Å². The first-order valence-corrected chi connectivity index (χ1v) is 12.5. The van der Waals surface area contributed by atoms with Gasteiger partial charge in [0.15, 0.2) is 0 Å². The second kappa shape index (κ2) is 11.6. The molecule has 2 fully saturated rings. The first-order chi connectivity index (χ1) is 17.3. The Morgan fingerprint density at radius 2 is 1.89 bits per heavy atom. The number of aromatic nitrogens is 2. The SMILES string of the molecule is Cc1ccc(CNC(=O)C2CCN(C(=O)CCc3c(C)nc(N4CCOCC4)[nH]c3=O)CC2)cc1F. The summed E-state index contributed by atoms with van der Waals surface area (Å²) in [5.74, 6) is -0.0126. The van der Waals surface area contributed by atoms with Gasteiger partial charge in [-0.15, -0.1) is 0 Å². The number of anilines is 1. The summed E-state index contributed by atoms with van der Waals surface area (Å²) >= 11 is 0. The van der Waals surface area contributed by atoms with Crippen LogP contribution in [0.5, 0.6) is 0 Å². The number of carbonyl (C=O) groups excluding carboxylic acids is 2. The number of piperidine rings is 1. The Bertz CT molecular complexity index is 1150. The Labute approximate surface area is 210 Å². The highest BCUT2D eigenvalue weighted by Gasteiger charge is 2.27. The van der Waals surface area contributed by atoms with Crippen LogP contribution in [0.4, 0.5) is 10.3 Å². The normalized spacial score (nSPS) is 16.8. The number of nitrogens with one attached hydrogen (secondary N) is 2. The largest absolute Gasteiger partial charge is 0.378 e. The third-order valence-corrected chi connectivity index (χ3v) is 7.03. The van der Waals surface area contributed by atoms with Crippen molar-refractivity contribution in [2.24, 2.45) is 5.92 Å². The molecule has 10 heteroatoms. The van der Waals surface area contributed by atoms with Gasteiger partial charge in [-0.1, -0.05) is 12.1 Å². The number of ether oxygens (including phenoxy) is 1. The zero-order valence-corrected chi connectivity index (χ0v) is 20.9. The van der Waals surface area contributed by atoms with Gasteiger partial charge >= 0.3 is 0 Å². The molecular weight excluding hydrogens is 465 g/mol. The number of benzene rings is 1. The number of morpholine rings is 1. The molecule has 0 saturated carbocycles. The van der Waals surface area contributed by atoms with Crippen LogP contribution in [0.1, 0.15) is 41.6 Å². The quantitative estimate of drug-likeness (QED) is 0.602. The van der Waals surface area contributed by atoms with Gasteiger partial charge in [-0.25, -0.2) is 9.37 Å². The van der Waals surface area contributed by atoms with E-state index in [0.29, 0.717) is 81.4 Å². The second-order valence-corrected chi connectivity index (χ2v) is 9.51. The summed E-state index contributed by atoms with van der Waals surface area (Å²) in [5.41, 5.74) is 2.25. The molecule has 0 unspecified atom stereocenters. The minimum atomic E-state index is -0.283. The number of hydrogen-bond donors (Lipinski definition) is 2. The maximum absolute atomic E-state index is 13.7. The third-order valence-electron chi connectivity index (χ3n) is 7.03. The molecule has 36 heavy (non-hydrogen) atoms. The molecule has 2 aliphatic rings. The number of carbonyl (C=O) groups is 2. The van der Waals surface area contributed by atoms with Crippen LogP contribution >= 0.6 is 0 Å². The van der Waals surface area contributed by atoms with E-state index < -0.39 is 0 Å². The van der Waals surface area contributed by atoms with Crippen LogP contribution in [-0.2, 0) is 27.3 Å².